The summed E-state index contributed by atoms with van der Waals surface area (Å²) in [5, 5.41) is 0.450. The van der Waals surface area contributed by atoms with E-state index in [0.717, 1.165) is 16.7 Å². The van der Waals surface area contributed by atoms with E-state index in [2.05, 4.69) is 0 Å². The molecule has 0 atom stereocenters. The zero-order chi connectivity index (χ0) is 30.6. The minimum Gasteiger partial charge on any atom is -0.464 e. The first-order valence-electron chi connectivity index (χ1n) is 14.3. The molecule has 42 heavy (non-hydrogen) atoms. The molecule has 0 aliphatic carbocycles. The van der Waals surface area contributed by atoms with Crippen molar-refractivity contribution in [1.29, 1.82) is 0 Å². The van der Waals surface area contributed by atoms with E-state index in [9.17, 15) is 18.0 Å². The quantitative estimate of drug-likeness (QED) is 0.205. The standard InChI is InChI=1S/C34H40N2O5S/c1-23(2)14-15-36(42(39,40)34-26(5)16-25(4)17-27(34)6)21-32(37)35(19-28-10-8-7-9-11-28)20-29-22-41-31-13-12-24(3)18-30(31)33(29)38/h7-13,16-18,22-23H,14-15,19-21H2,1-6H3. The van der Waals surface area contributed by atoms with E-state index in [0.29, 0.717) is 34.1 Å². The van der Waals surface area contributed by atoms with Gasteiger partial charge in [0.2, 0.25) is 15.9 Å². The van der Waals surface area contributed by atoms with Crippen LogP contribution in [0.2, 0.25) is 0 Å². The second kappa shape index (κ2) is 13.0. The molecular formula is C34H40N2O5S. The Morgan fingerprint density at radius 3 is 2.19 bits per heavy atom. The summed E-state index contributed by atoms with van der Waals surface area (Å²) in [6.07, 6.45) is 2.00. The maximum absolute atomic E-state index is 14.1. The van der Waals surface area contributed by atoms with Crippen LogP contribution in [-0.4, -0.2) is 36.6 Å². The van der Waals surface area contributed by atoms with Gasteiger partial charge in [-0.2, -0.15) is 4.31 Å². The number of nitrogens with zero attached hydrogens (tertiary/aromatic N) is 2. The highest BCUT2D eigenvalue weighted by Gasteiger charge is 2.31. The van der Waals surface area contributed by atoms with E-state index in [1.165, 1.54) is 15.5 Å². The maximum Gasteiger partial charge on any atom is 0.244 e. The SMILES string of the molecule is Cc1cc(C)c(S(=O)(=O)N(CCC(C)C)CC(=O)N(Cc2ccccc2)Cc2coc3ccc(C)cc3c2=O)c(C)c1. The first kappa shape index (κ1) is 31.2. The van der Waals surface area contributed by atoms with Crippen LogP contribution in [0.15, 0.2) is 81.0 Å². The molecule has 4 rings (SSSR count). The number of sulfonamides is 1. The van der Waals surface area contributed by atoms with E-state index in [-0.39, 0.29) is 42.4 Å². The molecule has 3 aromatic carbocycles. The zero-order valence-corrected chi connectivity index (χ0v) is 26.1. The number of aryl methyl sites for hydroxylation is 4. The van der Waals surface area contributed by atoms with Crippen LogP contribution >= 0.6 is 0 Å². The summed E-state index contributed by atoms with van der Waals surface area (Å²) in [5.74, 6) is -0.151. The van der Waals surface area contributed by atoms with Gasteiger partial charge in [0, 0.05) is 13.1 Å². The lowest BCUT2D eigenvalue weighted by molar-refractivity contribution is -0.132. The van der Waals surface area contributed by atoms with Crippen LogP contribution in [0.3, 0.4) is 0 Å². The second-order valence-electron chi connectivity index (χ2n) is 11.6. The fourth-order valence-corrected chi connectivity index (χ4v) is 7.09. The fraction of sp³-hybridized carbons (Fsp3) is 0.353. The number of fused-ring (bicyclic) bond motifs is 1. The van der Waals surface area contributed by atoms with E-state index < -0.39 is 15.9 Å². The number of rotatable bonds is 11. The highest BCUT2D eigenvalue weighted by molar-refractivity contribution is 7.89. The molecule has 0 fully saturated rings. The monoisotopic (exact) mass is 588 g/mol. The topological polar surface area (TPSA) is 87.9 Å². The Hall–Kier alpha value is -3.75. The first-order chi connectivity index (χ1) is 19.9. The summed E-state index contributed by atoms with van der Waals surface area (Å²) in [5.41, 5.74) is 4.68. The third-order valence-electron chi connectivity index (χ3n) is 7.40. The number of benzene rings is 3. The molecule has 0 aliphatic rings. The predicted molar refractivity (Wildman–Crippen MR) is 167 cm³/mol. The van der Waals surface area contributed by atoms with Crippen LogP contribution in [0.1, 0.15) is 53.6 Å². The molecule has 7 nitrogen and oxygen atoms in total. The lowest BCUT2D eigenvalue weighted by Crippen LogP contribution is -2.43. The van der Waals surface area contributed by atoms with Crippen LogP contribution < -0.4 is 5.43 Å². The van der Waals surface area contributed by atoms with Crippen molar-refractivity contribution >= 4 is 26.9 Å². The van der Waals surface area contributed by atoms with Crippen LogP contribution in [0.25, 0.3) is 11.0 Å². The van der Waals surface area contributed by atoms with Crippen molar-refractivity contribution in [2.75, 3.05) is 13.1 Å². The predicted octanol–water partition coefficient (Wildman–Crippen LogP) is 6.29. The molecule has 8 heteroatoms. The van der Waals surface area contributed by atoms with Gasteiger partial charge < -0.3 is 9.32 Å². The summed E-state index contributed by atoms with van der Waals surface area (Å²) in [6.45, 7) is 11.5. The molecule has 0 N–H and O–H groups in total. The molecule has 222 valence electrons. The van der Waals surface area contributed by atoms with Gasteiger partial charge in [0.25, 0.3) is 0 Å². The van der Waals surface area contributed by atoms with Crippen molar-refractivity contribution in [2.45, 2.75) is 65.9 Å². The number of carbonyl (C=O) groups is 1. The number of carbonyl (C=O) groups excluding carboxylic acids is 1. The third kappa shape index (κ3) is 7.17. The summed E-state index contributed by atoms with van der Waals surface area (Å²) >= 11 is 0. The smallest absolute Gasteiger partial charge is 0.244 e. The molecule has 0 saturated heterocycles. The van der Waals surface area contributed by atoms with Crippen LogP contribution in [0.4, 0.5) is 0 Å². The van der Waals surface area contributed by atoms with Gasteiger partial charge in [0.1, 0.15) is 5.58 Å². The largest absolute Gasteiger partial charge is 0.464 e. The average molecular weight is 589 g/mol. The number of hydrogen-bond donors (Lipinski definition) is 0. The average Bonchev–Trinajstić information content (AvgIpc) is 2.91. The van der Waals surface area contributed by atoms with Crippen molar-refractivity contribution < 1.29 is 17.6 Å². The molecule has 0 unspecified atom stereocenters. The van der Waals surface area contributed by atoms with Crippen LogP contribution in [-0.2, 0) is 27.9 Å². The molecule has 0 saturated carbocycles. The Labute approximate surface area is 248 Å². The minimum absolute atomic E-state index is 0.0133. The van der Waals surface area contributed by atoms with Gasteiger partial charge >= 0.3 is 0 Å². The van der Waals surface area contributed by atoms with Crippen LogP contribution in [0.5, 0.6) is 0 Å². The molecule has 4 aromatic rings. The lowest BCUT2D eigenvalue weighted by atomic mass is 10.1. The van der Waals surface area contributed by atoms with Gasteiger partial charge in [-0.25, -0.2) is 8.42 Å². The van der Waals surface area contributed by atoms with Crippen molar-refractivity contribution in [3.8, 4) is 0 Å². The van der Waals surface area contributed by atoms with Crippen molar-refractivity contribution in [1.82, 2.24) is 9.21 Å². The van der Waals surface area contributed by atoms with Gasteiger partial charge in [-0.15, -0.1) is 0 Å². The van der Waals surface area contributed by atoms with Gasteiger partial charge in [-0.05, 0) is 68.9 Å². The van der Waals surface area contributed by atoms with E-state index >= 15 is 0 Å². The van der Waals surface area contributed by atoms with Crippen molar-refractivity contribution in [3.05, 3.63) is 111 Å². The lowest BCUT2D eigenvalue weighted by Gasteiger charge is -2.28. The highest BCUT2D eigenvalue weighted by atomic mass is 32.2. The van der Waals surface area contributed by atoms with Gasteiger partial charge in [-0.3, -0.25) is 9.59 Å². The van der Waals surface area contributed by atoms with E-state index in [4.69, 9.17) is 4.42 Å². The van der Waals surface area contributed by atoms with E-state index in [1.807, 2.05) is 76.2 Å². The zero-order valence-electron chi connectivity index (χ0n) is 25.3. The summed E-state index contributed by atoms with van der Waals surface area (Å²) in [6, 6.07) is 18.6. The first-order valence-corrected chi connectivity index (χ1v) is 15.7. The molecule has 1 aromatic heterocycles. The summed E-state index contributed by atoms with van der Waals surface area (Å²) in [7, 11) is -3.99. The van der Waals surface area contributed by atoms with E-state index in [1.54, 1.807) is 26.0 Å². The summed E-state index contributed by atoms with van der Waals surface area (Å²) < 4.78 is 35.2. The Kier molecular flexibility index (Phi) is 9.69. The molecule has 0 aliphatic heterocycles. The second-order valence-corrected chi connectivity index (χ2v) is 13.4. The van der Waals surface area contributed by atoms with Gasteiger partial charge in [0.15, 0.2) is 5.43 Å². The van der Waals surface area contributed by atoms with Gasteiger partial charge in [-0.1, -0.05) is 73.5 Å². The Morgan fingerprint density at radius 2 is 1.55 bits per heavy atom. The molecule has 1 amide bonds. The minimum atomic E-state index is -3.99. The maximum atomic E-state index is 14.1. The molecule has 0 spiro atoms. The Bertz CT molecular complexity index is 1720. The van der Waals surface area contributed by atoms with Crippen LogP contribution in [0, 0.1) is 33.6 Å². The van der Waals surface area contributed by atoms with Crippen molar-refractivity contribution in [2.24, 2.45) is 5.92 Å². The molecular weight excluding hydrogens is 548 g/mol. The Morgan fingerprint density at radius 1 is 0.881 bits per heavy atom. The molecule has 0 radical (unpaired) electrons. The molecule has 0 bridgehead atoms. The third-order valence-corrected chi connectivity index (χ3v) is 9.55. The van der Waals surface area contributed by atoms with Gasteiger partial charge in [0.05, 0.1) is 35.2 Å². The normalized spacial score (nSPS) is 11.9. The highest BCUT2D eigenvalue weighted by Crippen LogP contribution is 2.26. The van der Waals surface area contributed by atoms with Crippen molar-refractivity contribution in [3.63, 3.8) is 0 Å². The number of amides is 1. The summed E-state index contributed by atoms with van der Waals surface area (Å²) in [4.78, 5) is 29.2. The Balaban J connectivity index is 1.72. The fourth-order valence-electron chi connectivity index (χ4n) is 5.28. The number of hydrogen-bond acceptors (Lipinski definition) is 5. The molecule has 1 heterocycles.